The van der Waals surface area contributed by atoms with Gasteiger partial charge < -0.3 is 22.3 Å². The fraction of sp³-hybridized carbons (Fsp3) is 0.342. The molecule has 0 fully saturated rings. The van der Waals surface area contributed by atoms with E-state index in [1.165, 1.54) is 65.7 Å². The molecule has 0 radical (unpaired) electrons. The van der Waals surface area contributed by atoms with Crippen molar-refractivity contribution in [1.82, 2.24) is 0 Å². The Labute approximate surface area is 264 Å². The van der Waals surface area contributed by atoms with Crippen LogP contribution in [0.4, 0.5) is 0 Å². The molecule has 0 saturated carbocycles. The molecule has 0 N–H and O–H groups in total. The van der Waals surface area contributed by atoms with Crippen molar-refractivity contribution in [2.45, 2.75) is 87.1 Å². The maximum absolute atomic E-state index is 4.14. The Morgan fingerprint density at radius 2 is 1.07 bits per heavy atom. The molecule has 0 amide bonds. The molecule has 3 aromatic rings. The van der Waals surface area contributed by atoms with Crippen molar-refractivity contribution in [3.8, 4) is 0 Å². The van der Waals surface area contributed by atoms with Gasteiger partial charge in [-0.15, -0.1) is 6.92 Å². The van der Waals surface area contributed by atoms with Crippen molar-refractivity contribution in [1.29, 1.82) is 0 Å². The van der Waals surface area contributed by atoms with Gasteiger partial charge in [0, 0.05) is 0 Å². The summed E-state index contributed by atoms with van der Waals surface area (Å²) in [6.07, 6.45) is 6.24. The number of hydrogen-bond acceptors (Lipinski definition) is 0. The molecule has 1 aliphatic rings. The van der Waals surface area contributed by atoms with Gasteiger partial charge >= 0.3 is 21.7 Å². The van der Waals surface area contributed by atoms with Gasteiger partial charge in [0.05, 0.1) is 0 Å². The largest absolute Gasteiger partial charge is 4.00 e. The SMILES string of the molecule is CCc1cc(CC)cc([Si](c2cc(C)ccc2C)(c2cc(C)ccc2C)C2(C)[C-]=C(C)C(C)=C2C)c1.[CH3-].[CH3-].[CH3-].[Ti+4]. The molecule has 0 aromatic heterocycles. The van der Waals surface area contributed by atoms with E-state index in [2.05, 4.69) is 130 Å². The molecule has 212 valence electrons. The minimum atomic E-state index is -2.70. The average Bonchev–Trinajstić information content (AvgIpc) is 3.06. The molecule has 0 nitrogen and oxygen atoms in total. The fourth-order valence-corrected chi connectivity index (χ4v) is 13.3. The molecule has 1 unspecified atom stereocenters. The molecule has 4 rings (SSSR count). The summed E-state index contributed by atoms with van der Waals surface area (Å²) >= 11 is 0. The summed E-state index contributed by atoms with van der Waals surface area (Å²) in [5.74, 6) is 0. The van der Waals surface area contributed by atoms with Gasteiger partial charge in [0.15, 0.2) is 0 Å². The summed E-state index contributed by atoms with van der Waals surface area (Å²) in [4.78, 5) is 0. The quantitative estimate of drug-likeness (QED) is 0.154. The van der Waals surface area contributed by atoms with Crippen LogP contribution in [0.2, 0.25) is 5.04 Å². The number of aryl methyl sites for hydroxylation is 6. The smallest absolute Gasteiger partial charge is 0.358 e. The topological polar surface area (TPSA) is 0 Å². The van der Waals surface area contributed by atoms with Crippen molar-refractivity contribution in [2.75, 3.05) is 0 Å². The summed E-state index contributed by atoms with van der Waals surface area (Å²) in [7, 11) is -2.70. The maximum Gasteiger partial charge on any atom is 4.00 e. The monoisotopic (exact) mass is 584 g/mol. The fourth-order valence-electron chi connectivity index (χ4n) is 6.54. The zero-order chi connectivity index (χ0) is 26.4. The van der Waals surface area contributed by atoms with E-state index in [9.17, 15) is 0 Å². The summed E-state index contributed by atoms with van der Waals surface area (Å²) < 4.78 is 0. The van der Waals surface area contributed by atoms with Crippen molar-refractivity contribution in [3.63, 3.8) is 0 Å². The van der Waals surface area contributed by atoms with Crippen LogP contribution in [0, 0.1) is 56.1 Å². The van der Waals surface area contributed by atoms with E-state index in [-0.39, 0.29) is 49.0 Å². The van der Waals surface area contributed by atoms with Crippen LogP contribution in [0.3, 0.4) is 0 Å². The van der Waals surface area contributed by atoms with Gasteiger partial charge in [0.25, 0.3) is 0 Å². The molecule has 2 heteroatoms. The molecule has 1 aliphatic carbocycles. The molecule has 0 saturated heterocycles. The van der Waals surface area contributed by atoms with E-state index >= 15 is 0 Å². The van der Waals surface area contributed by atoms with E-state index in [0.717, 1.165) is 12.8 Å². The molecule has 0 aliphatic heterocycles. The second kappa shape index (κ2) is 14.3. The van der Waals surface area contributed by atoms with E-state index in [0.29, 0.717) is 0 Å². The van der Waals surface area contributed by atoms with Gasteiger partial charge in [-0.05, 0) is 67.2 Å². The van der Waals surface area contributed by atoms with Gasteiger partial charge in [-0.3, -0.25) is 6.08 Å². The predicted molar refractivity (Wildman–Crippen MR) is 180 cm³/mol. The Kier molecular flexibility index (Phi) is 13.6. The number of benzene rings is 3. The Morgan fingerprint density at radius 1 is 0.650 bits per heavy atom. The zero-order valence-electron chi connectivity index (χ0n) is 27.6. The average molecular weight is 585 g/mol. The van der Waals surface area contributed by atoms with Crippen LogP contribution in [-0.2, 0) is 34.6 Å². The summed E-state index contributed by atoms with van der Waals surface area (Å²) in [5, 5.41) is 4.39. The first kappa shape index (κ1) is 38.1. The summed E-state index contributed by atoms with van der Waals surface area (Å²) in [6.45, 7) is 23.2. The van der Waals surface area contributed by atoms with Crippen LogP contribution < -0.4 is 15.6 Å². The third-order valence-corrected chi connectivity index (χ3v) is 14.8. The Hall–Kier alpha value is -1.93. The summed E-state index contributed by atoms with van der Waals surface area (Å²) in [5.41, 5.74) is 12.5. The van der Waals surface area contributed by atoms with Crippen molar-refractivity contribution >= 4 is 23.6 Å². The third-order valence-electron chi connectivity index (χ3n) is 8.96. The molecule has 0 bridgehead atoms. The summed E-state index contributed by atoms with van der Waals surface area (Å²) in [6, 6.07) is 21.8. The Morgan fingerprint density at radius 3 is 1.43 bits per heavy atom. The zero-order valence-corrected chi connectivity index (χ0v) is 30.2. The van der Waals surface area contributed by atoms with E-state index in [1.807, 2.05) is 0 Å². The Balaban J connectivity index is 0.00000380. The van der Waals surface area contributed by atoms with Crippen molar-refractivity contribution in [2.24, 2.45) is 0 Å². The molecular formula is C38H52SiTi. The normalized spacial score (nSPS) is 16.3. The number of rotatable bonds is 6. The van der Waals surface area contributed by atoms with Crippen LogP contribution in [-0.4, -0.2) is 8.07 Å². The first-order valence-electron chi connectivity index (χ1n) is 13.6. The van der Waals surface area contributed by atoms with E-state index in [4.69, 9.17) is 0 Å². The van der Waals surface area contributed by atoms with Gasteiger partial charge in [0.1, 0.15) is 8.07 Å². The number of hydrogen-bond donors (Lipinski definition) is 0. The van der Waals surface area contributed by atoms with E-state index in [1.54, 1.807) is 0 Å². The van der Waals surface area contributed by atoms with Gasteiger partial charge in [-0.2, -0.15) is 11.1 Å². The van der Waals surface area contributed by atoms with Gasteiger partial charge in [-0.25, -0.2) is 5.57 Å². The second-order valence-electron chi connectivity index (χ2n) is 11.3. The molecule has 0 spiro atoms. The predicted octanol–water partition coefficient (Wildman–Crippen LogP) is 8.72. The third kappa shape index (κ3) is 5.99. The van der Waals surface area contributed by atoms with Crippen molar-refractivity contribution in [3.05, 3.63) is 133 Å². The molecule has 1 atom stereocenters. The van der Waals surface area contributed by atoms with Crippen LogP contribution in [0.15, 0.2) is 71.3 Å². The molecule has 40 heavy (non-hydrogen) atoms. The second-order valence-corrected chi connectivity index (χ2v) is 15.4. The first-order valence-corrected chi connectivity index (χ1v) is 15.6. The van der Waals surface area contributed by atoms with Gasteiger partial charge in [0.2, 0.25) is 0 Å². The minimum absolute atomic E-state index is 0. The molecule has 3 aromatic carbocycles. The van der Waals surface area contributed by atoms with Crippen LogP contribution >= 0.6 is 0 Å². The number of allylic oxidation sites excluding steroid dienone is 4. The van der Waals surface area contributed by atoms with Crippen LogP contribution in [0.1, 0.15) is 74.9 Å². The molecular weight excluding hydrogens is 532 g/mol. The van der Waals surface area contributed by atoms with Gasteiger partial charge in [-0.1, -0.05) is 117 Å². The Bertz CT molecular complexity index is 1320. The van der Waals surface area contributed by atoms with Crippen LogP contribution in [0.5, 0.6) is 0 Å². The van der Waals surface area contributed by atoms with Crippen LogP contribution in [0.25, 0.3) is 0 Å². The van der Waals surface area contributed by atoms with E-state index < -0.39 is 8.07 Å². The minimum Gasteiger partial charge on any atom is -0.358 e. The molecule has 0 heterocycles. The van der Waals surface area contributed by atoms with Crippen molar-refractivity contribution < 1.29 is 21.7 Å². The standard InChI is InChI=1S/C35H43Si.3CH3.Ti/c1-11-30-19-31(12-2)21-32(20-30)36(33-17-23(3)13-15-25(33)5,34-18-24(4)14-16-26(34)6)35(10)22-27(7)28(8)29(35)9;;;;/h13-21H,11-12H2,1-10H3;3*1H3;/q4*-1;+4. The maximum atomic E-state index is 4.14. The first-order chi connectivity index (χ1) is 17.0.